The van der Waals surface area contributed by atoms with E-state index in [1.807, 2.05) is 13.0 Å². The van der Waals surface area contributed by atoms with E-state index in [0.717, 1.165) is 26.1 Å². The number of aromatic nitrogens is 1. The van der Waals surface area contributed by atoms with Crippen molar-refractivity contribution in [1.29, 1.82) is 0 Å². The Balaban J connectivity index is 1.94. The van der Waals surface area contributed by atoms with Crippen LogP contribution >= 0.6 is 15.9 Å². The van der Waals surface area contributed by atoms with Gasteiger partial charge in [-0.3, -0.25) is 4.79 Å². The van der Waals surface area contributed by atoms with Gasteiger partial charge in [0.2, 0.25) is 0 Å². The van der Waals surface area contributed by atoms with Gasteiger partial charge in [-0.2, -0.15) is 0 Å². The third kappa shape index (κ3) is 3.53. The number of hydrogen-bond acceptors (Lipinski definition) is 3. The third-order valence-electron chi connectivity index (χ3n) is 3.28. The fourth-order valence-electron chi connectivity index (χ4n) is 2.15. The van der Waals surface area contributed by atoms with Crippen LogP contribution in [0.3, 0.4) is 0 Å². The average Bonchev–Trinajstić information content (AvgIpc) is 2.39. The highest BCUT2D eigenvalue weighted by Crippen LogP contribution is 2.18. The van der Waals surface area contributed by atoms with Gasteiger partial charge in [-0.25, -0.2) is 4.98 Å². The Morgan fingerprint density at radius 2 is 2.22 bits per heavy atom. The number of ether oxygens (including phenoxy) is 1. The molecule has 4 nitrogen and oxygen atoms in total. The molecule has 1 N–H and O–H groups in total. The van der Waals surface area contributed by atoms with Crippen LogP contribution < -0.4 is 5.32 Å². The summed E-state index contributed by atoms with van der Waals surface area (Å²) >= 11 is 3.27. The molecule has 1 fully saturated rings. The van der Waals surface area contributed by atoms with E-state index in [1.165, 1.54) is 0 Å². The summed E-state index contributed by atoms with van der Waals surface area (Å²) in [5.41, 5.74) is 0.447. The Morgan fingerprint density at radius 3 is 2.89 bits per heavy atom. The molecule has 0 bridgehead atoms. The molecule has 1 amide bonds. The zero-order valence-corrected chi connectivity index (χ0v) is 11.9. The molecule has 5 heteroatoms. The lowest BCUT2D eigenvalue weighted by Gasteiger charge is -2.28. The molecule has 0 saturated carbocycles. The highest BCUT2D eigenvalue weighted by molar-refractivity contribution is 9.10. The van der Waals surface area contributed by atoms with Gasteiger partial charge in [-0.1, -0.05) is 6.07 Å². The van der Waals surface area contributed by atoms with Crippen LogP contribution in [-0.2, 0) is 4.74 Å². The van der Waals surface area contributed by atoms with E-state index in [0.29, 0.717) is 16.2 Å². The molecular weight excluding hydrogens is 296 g/mol. The van der Waals surface area contributed by atoms with E-state index in [9.17, 15) is 4.79 Å². The summed E-state index contributed by atoms with van der Waals surface area (Å²) in [5, 5.41) is 3.02. The van der Waals surface area contributed by atoms with E-state index in [4.69, 9.17) is 4.74 Å². The molecule has 1 aromatic heterocycles. The monoisotopic (exact) mass is 312 g/mol. The maximum Gasteiger partial charge on any atom is 0.270 e. The Bertz CT molecular complexity index is 419. The van der Waals surface area contributed by atoms with E-state index in [1.54, 1.807) is 12.1 Å². The van der Waals surface area contributed by atoms with Crippen molar-refractivity contribution in [3.05, 3.63) is 28.5 Å². The normalized spacial score (nSPS) is 18.3. The van der Waals surface area contributed by atoms with Crippen LogP contribution in [0, 0.1) is 5.92 Å². The average molecular weight is 313 g/mol. The van der Waals surface area contributed by atoms with Gasteiger partial charge in [0.15, 0.2) is 0 Å². The van der Waals surface area contributed by atoms with Crippen LogP contribution in [0.25, 0.3) is 0 Å². The Hall–Kier alpha value is -0.940. The Morgan fingerprint density at radius 1 is 1.50 bits per heavy atom. The number of carbonyl (C=O) groups is 1. The van der Waals surface area contributed by atoms with Gasteiger partial charge in [0.25, 0.3) is 5.91 Å². The minimum Gasteiger partial charge on any atom is -0.381 e. The summed E-state index contributed by atoms with van der Waals surface area (Å²) in [4.78, 5) is 16.2. The summed E-state index contributed by atoms with van der Waals surface area (Å²) < 4.78 is 6.00. The highest BCUT2D eigenvalue weighted by atomic mass is 79.9. The van der Waals surface area contributed by atoms with Gasteiger partial charge in [-0.15, -0.1) is 0 Å². The molecule has 1 aromatic rings. The van der Waals surface area contributed by atoms with Crippen LogP contribution in [0.1, 0.15) is 30.3 Å². The second kappa shape index (κ2) is 6.29. The molecule has 2 heterocycles. The highest BCUT2D eigenvalue weighted by Gasteiger charge is 2.22. The number of carbonyl (C=O) groups excluding carboxylic acids is 1. The van der Waals surface area contributed by atoms with Gasteiger partial charge in [0.1, 0.15) is 10.3 Å². The lowest BCUT2D eigenvalue weighted by atomic mass is 9.93. The first-order valence-corrected chi connectivity index (χ1v) is 6.97. The molecule has 2 rings (SSSR count). The quantitative estimate of drug-likeness (QED) is 0.872. The second-order valence-electron chi connectivity index (χ2n) is 4.56. The number of amides is 1. The topological polar surface area (TPSA) is 51.2 Å². The van der Waals surface area contributed by atoms with E-state index in [2.05, 4.69) is 26.2 Å². The van der Waals surface area contributed by atoms with Gasteiger partial charge in [0.05, 0.1) is 0 Å². The molecule has 0 aromatic carbocycles. The number of nitrogens with zero attached hydrogens (tertiary/aromatic N) is 1. The smallest absolute Gasteiger partial charge is 0.270 e. The van der Waals surface area contributed by atoms with Crippen molar-refractivity contribution in [1.82, 2.24) is 10.3 Å². The van der Waals surface area contributed by atoms with E-state index in [-0.39, 0.29) is 11.9 Å². The summed E-state index contributed by atoms with van der Waals surface area (Å²) in [5.74, 6) is 0.380. The predicted octanol–water partition coefficient (Wildman–Crippen LogP) is 2.39. The number of rotatable bonds is 3. The van der Waals surface area contributed by atoms with Gasteiger partial charge >= 0.3 is 0 Å². The zero-order valence-electron chi connectivity index (χ0n) is 10.4. The Kier molecular flexibility index (Phi) is 4.72. The second-order valence-corrected chi connectivity index (χ2v) is 5.37. The minimum absolute atomic E-state index is 0.115. The van der Waals surface area contributed by atoms with Crippen molar-refractivity contribution in [2.24, 2.45) is 5.92 Å². The maximum absolute atomic E-state index is 12.0. The largest absolute Gasteiger partial charge is 0.381 e. The summed E-state index contributed by atoms with van der Waals surface area (Å²) in [6.07, 6.45) is 2.01. The molecule has 98 valence electrons. The van der Waals surface area contributed by atoms with E-state index < -0.39 is 0 Å². The molecule has 1 unspecified atom stereocenters. The van der Waals surface area contributed by atoms with Crippen molar-refractivity contribution < 1.29 is 9.53 Å². The molecular formula is C13H17BrN2O2. The molecule has 0 radical (unpaired) electrons. The predicted molar refractivity (Wildman–Crippen MR) is 72.4 cm³/mol. The fraction of sp³-hybridized carbons (Fsp3) is 0.538. The lowest BCUT2D eigenvalue weighted by Crippen LogP contribution is -2.40. The van der Waals surface area contributed by atoms with Gasteiger partial charge in [0, 0.05) is 19.3 Å². The van der Waals surface area contributed by atoms with Crippen LogP contribution in [0.4, 0.5) is 0 Å². The SMILES string of the molecule is CC(NC(=O)c1cccc(Br)n1)C1CCOCC1. The van der Waals surface area contributed by atoms with Gasteiger partial charge in [-0.05, 0) is 53.7 Å². The molecule has 1 aliphatic rings. The van der Waals surface area contributed by atoms with Crippen molar-refractivity contribution in [3.63, 3.8) is 0 Å². The number of hydrogen-bond donors (Lipinski definition) is 1. The van der Waals surface area contributed by atoms with Crippen molar-refractivity contribution in [2.75, 3.05) is 13.2 Å². The van der Waals surface area contributed by atoms with Gasteiger partial charge < -0.3 is 10.1 Å². The summed E-state index contributed by atoms with van der Waals surface area (Å²) in [7, 11) is 0. The first-order chi connectivity index (χ1) is 8.66. The standard InChI is InChI=1S/C13H17BrN2O2/c1-9(10-5-7-18-8-6-10)15-13(17)11-3-2-4-12(14)16-11/h2-4,9-10H,5-8H2,1H3,(H,15,17). The van der Waals surface area contributed by atoms with Crippen LogP contribution in [-0.4, -0.2) is 30.1 Å². The van der Waals surface area contributed by atoms with Crippen LogP contribution in [0.15, 0.2) is 22.8 Å². The molecule has 0 spiro atoms. The van der Waals surface area contributed by atoms with Crippen molar-refractivity contribution >= 4 is 21.8 Å². The summed E-state index contributed by atoms with van der Waals surface area (Å²) in [6, 6.07) is 5.49. The van der Waals surface area contributed by atoms with Crippen molar-refractivity contribution in [2.45, 2.75) is 25.8 Å². The summed E-state index contributed by atoms with van der Waals surface area (Å²) in [6.45, 7) is 3.63. The van der Waals surface area contributed by atoms with Crippen molar-refractivity contribution in [3.8, 4) is 0 Å². The molecule has 1 atom stereocenters. The molecule has 1 aliphatic heterocycles. The first kappa shape index (κ1) is 13.5. The third-order valence-corrected chi connectivity index (χ3v) is 3.72. The van der Waals surface area contributed by atoms with Crippen LogP contribution in [0.2, 0.25) is 0 Å². The Labute approximate surface area is 115 Å². The molecule has 1 saturated heterocycles. The van der Waals surface area contributed by atoms with E-state index >= 15 is 0 Å². The first-order valence-electron chi connectivity index (χ1n) is 6.18. The number of halogens is 1. The lowest BCUT2D eigenvalue weighted by molar-refractivity contribution is 0.0537. The van der Waals surface area contributed by atoms with Crippen LogP contribution in [0.5, 0.6) is 0 Å². The number of pyridine rings is 1. The molecule has 18 heavy (non-hydrogen) atoms. The molecule has 0 aliphatic carbocycles. The minimum atomic E-state index is -0.115. The fourth-order valence-corrected chi connectivity index (χ4v) is 2.49. The number of nitrogens with one attached hydrogen (secondary N) is 1. The maximum atomic E-state index is 12.0. The zero-order chi connectivity index (χ0) is 13.0.